The molecular formula is C16H19ClN2O5. The van der Waals surface area contributed by atoms with E-state index >= 15 is 0 Å². The van der Waals surface area contributed by atoms with E-state index in [4.69, 9.17) is 11.6 Å². The Morgan fingerprint density at radius 2 is 2.04 bits per heavy atom. The number of carboxylic acid groups (broad SMARTS) is 1. The molecule has 1 aromatic carbocycles. The quantitative estimate of drug-likeness (QED) is 0.622. The Morgan fingerprint density at radius 1 is 1.42 bits per heavy atom. The van der Waals surface area contributed by atoms with Crippen LogP contribution in [0.2, 0.25) is 5.02 Å². The number of halogens is 1. The Balaban J connectivity index is 2.27. The molecule has 24 heavy (non-hydrogen) atoms. The van der Waals surface area contributed by atoms with E-state index in [2.05, 4.69) is 5.32 Å². The number of carbonyl (C=O) groups is 2. The van der Waals surface area contributed by atoms with Gasteiger partial charge in [-0.25, -0.2) is 4.79 Å². The van der Waals surface area contributed by atoms with Gasteiger partial charge < -0.3 is 10.4 Å². The van der Waals surface area contributed by atoms with Crippen LogP contribution in [0.15, 0.2) is 18.2 Å². The van der Waals surface area contributed by atoms with Crippen LogP contribution >= 0.6 is 11.6 Å². The smallest absolute Gasteiger partial charge is 0.329 e. The van der Waals surface area contributed by atoms with Crippen LogP contribution in [0.25, 0.3) is 0 Å². The summed E-state index contributed by atoms with van der Waals surface area (Å²) in [6.07, 6.45) is 2.99. The zero-order valence-electron chi connectivity index (χ0n) is 13.3. The highest BCUT2D eigenvalue weighted by Gasteiger charge is 2.43. The Morgan fingerprint density at radius 3 is 2.54 bits per heavy atom. The Hall–Kier alpha value is -2.15. The van der Waals surface area contributed by atoms with Crippen LogP contribution in [0, 0.1) is 16.0 Å². The van der Waals surface area contributed by atoms with E-state index in [-0.39, 0.29) is 10.6 Å². The second-order valence-electron chi connectivity index (χ2n) is 6.11. The number of amides is 1. The molecule has 0 saturated heterocycles. The van der Waals surface area contributed by atoms with Crippen molar-refractivity contribution >= 4 is 29.2 Å². The van der Waals surface area contributed by atoms with Crippen molar-refractivity contribution in [1.82, 2.24) is 5.32 Å². The number of carbonyl (C=O) groups excluding carboxylic acids is 1. The van der Waals surface area contributed by atoms with Crippen molar-refractivity contribution in [3.05, 3.63) is 38.9 Å². The first-order valence-corrected chi connectivity index (χ1v) is 8.16. The Labute approximate surface area is 144 Å². The molecule has 1 aliphatic carbocycles. The largest absolute Gasteiger partial charge is 0.480 e. The lowest BCUT2D eigenvalue weighted by Gasteiger charge is -2.37. The van der Waals surface area contributed by atoms with E-state index < -0.39 is 28.0 Å². The molecule has 1 aromatic rings. The summed E-state index contributed by atoms with van der Waals surface area (Å²) in [4.78, 5) is 34.6. The highest BCUT2D eigenvalue weighted by atomic mass is 35.5. The third kappa shape index (κ3) is 3.67. The molecule has 0 spiro atoms. The highest BCUT2D eigenvalue weighted by molar-refractivity contribution is 6.31. The maximum Gasteiger partial charge on any atom is 0.329 e. The van der Waals surface area contributed by atoms with Crippen LogP contribution in [0.1, 0.15) is 49.4 Å². The fraction of sp³-hybridized carbons (Fsp3) is 0.500. The third-order valence-corrected chi connectivity index (χ3v) is 4.93. The van der Waals surface area contributed by atoms with Gasteiger partial charge in [0.25, 0.3) is 11.6 Å². The first-order chi connectivity index (χ1) is 11.3. The minimum Gasteiger partial charge on any atom is -0.480 e. The molecule has 7 nitrogen and oxygen atoms in total. The summed E-state index contributed by atoms with van der Waals surface area (Å²) in [6, 6.07) is 3.69. The van der Waals surface area contributed by atoms with Gasteiger partial charge >= 0.3 is 5.97 Å². The maximum absolute atomic E-state index is 12.5. The number of nitro groups is 1. The van der Waals surface area contributed by atoms with Crippen molar-refractivity contribution in [3.63, 3.8) is 0 Å². The van der Waals surface area contributed by atoms with Crippen molar-refractivity contribution in [3.8, 4) is 0 Å². The molecule has 0 aliphatic heterocycles. The molecule has 1 aliphatic rings. The molecule has 1 fully saturated rings. The summed E-state index contributed by atoms with van der Waals surface area (Å²) >= 11 is 5.74. The van der Waals surface area contributed by atoms with E-state index in [1.165, 1.54) is 12.1 Å². The van der Waals surface area contributed by atoms with E-state index in [1.54, 1.807) is 0 Å². The number of rotatable bonds is 5. The standard InChI is InChI=1S/C16H19ClN2O5/c1-2-10-5-7-16(8-6-10,15(21)22)18-14(20)12-4-3-11(17)9-13(12)19(23)24/h3-4,9-10H,2,5-8H2,1H3,(H,18,20)(H,21,22). The molecule has 1 saturated carbocycles. The van der Waals surface area contributed by atoms with Crippen LogP contribution in [0.5, 0.6) is 0 Å². The lowest BCUT2D eigenvalue weighted by Crippen LogP contribution is -2.56. The molecule has 0 aromatic heterocycles. The van der Waals surface area contributed by atoms with Crippen LogP contribution < -0.4 is 5.32 Å². The second-order valence-corrected chi connectivity index (χ2v) is 6.55. The van der Waals surface area contributed by atoms with Crippen LogP contribution in [0.3, 0.4) is 0 Å². The van der Waals surface area contributed by atoms with Crippen molar-refractivity contribution in [1.29, 1.82) is 0 Å². The number of aliphatic carboxylic acids is 1. The average Bonchev–Trinajstić information content (AvgIpc) is 2.55. The molecule has 0 radical (unpaired) electrons. The monoisotopic (exact) mass is 354 g/mol. The summed E-state index contributed by atoms with van der Waals surface area (Å²) in [7, 11) is 0. The van der Waals surface area contributed by atoms with E-state index in [1.807, 2.05) is 6.92 Å². The van der Waals surface area contributed by atoms with Gasteiger partial charge in [0.1, 0.15) is 11.1 Å². The van der Waals surface area contributed by atoms with Crippen LogP contribution in [-0.4, -0.2) is 27.4 Å². The van der Waals surface area contributed by atoms with Gasteiger partial charge in [-0.05, 0) is 43.7 Å². The Bertz CT molecular complexity index is 668. The molecule has 0 atom stereocenters. The Kier molecular flexibility index (Phi) is 5.43. The second kappa shape index (κ2) is 7.17. The number of benzene rings is 1. The number of nitrogens with zero attached hydrogens (tertiary/aromatic N) is 1. The number of nitro benzene ring substituents is 1. The lowest BCUT2D eigenvalue weighted by atomic mass is 9.75. The third-order valence-electron chi connectivity index (χ3n) is 4.70. The van der Waals surface area contributed by atoms with Crippen molar-refractivity contribution < 1.29 is 19.6 Å². The van der Waals surface area contributed by atoms with E-state index in [0.717, 1.165) is 12.5 Å². The van der Waals surface area contributed by atoms with Gasteiger partial charge in [0, 0.05) is 11.1 Å². The molecule has 0 heterocycles. The number of nitrogens with one attached hydrogen (secondary N) is 1. The molecular weight excluding hydrogens is 336 g/mol. The van der Waals surface area contributed by atoms with Crippen LogP contribution in [0.4, 0.5) is 5.69 Å². The zero-order valence-corrected chi connectivity index (χ0v) is 14.0. The van der Waals surface area contributed by atoms with Crippen LogP contribution in [-0.2, 0) is 4.79 Å². The fourth-order valence-electron chi connectivity index (χ4n) is 3.10. The van der Waals surface area contributed by atoms with E-state index in [9.17, 15) is 24.8 Å². The lowest BCUT2D eigenvalue weighted by molar-refractivity contribution is -0.385. The van der Waals surface area contributed by atoms with Gasteiger partial charge in [0.2, 0.25) is 0 Å². The summed E-state index contributed by atoms with van der Waals surface area (Å²) < 4.78 is 0. The summed E-state index contributed by atoms with van der Waals surface area (Å²) in [5.74, 6) is -1.43. The normalized spacial score (nSPS) is 23.5. The number of carboxylic acids is 1. The van der Waals surface area contributed by atoms with Gasteiger partial charge in [0.05, 0.1) is 4.92 Å². The van der Waals surface area contributed by atoms with Crippen molar-refractivity contribution in [2.45, 2.75) is 44.6 Å². The molecule has 130 valence electrons. The summed E-state index contributed by atoms with van der Waals surface area (Å²) in [5.41, 5.74) is -2.01. The van der Waals surface area contributed by atoms with Crippen molar-refractivity contribution in [2.24, 2.45) is 5.92 Å². The summed E-state index contributed by atoms with van der Waals surface area (Å²) in [5, 5.41) is 23.4. The predicted octanol–water partition coefficient (Wildman–Crippen LogP) is 3.40. The predicted molar refractivity (Wildman–Crippen MR) is 88.2 cm³/mol. The number of hydrogen-bond donors (Lipinski definition) is 2. The van der Waals surface area contributed by atoms with E-state index in [0.29, 0.717) is 31.6 Å². The number of hydrogen-bond acceptors (Lipinski definition) is 4. The molecule has 0 unspecified atom stereocenters. The first kappa shape index (κ1) is 18.2. The molecule has 0 bridgehead atoms. The highest BCUT2D eigenvalue weighted by Crippen LogP contribution is 2.34. The van der Waals surface area contributed by atoms with Gasteiger partial charge in [-0.1, -0.05) is 24.9 Å². The maximum atomic E-state index is 12.5. The molecule has 8 heteroatoms. The fourth-order valence-corrected chi connectivity index (χ4v) is 3.27. The average molecular weight is 355 g/mol. The van der Waals surface area contributed by atoms with Crippen molar-refractivity contribution in [2.75, 3.05) is 0 Å². The molecule has 2 N–H and O–H groups in total. The first-order valence-electron chi connectivity index (χ1n) is 7.79. The van der Waals surface area contributed by atoms with Gasteiger partial charge in [-0.3, -0.25) is 14.9 Å². The minimum atomic E-state index is -1.38. The topological polar surface area (TPSA) is 110 Å². The SMILES string of the molecule is CCC1CCC(NC(=O)c2ccc(Cl)cc2[N+](=O)[O-])(C(=O)O)CC1. The van der Waals surface area contributed by atoms with Gasteiger partial charge in [0.15, 0.2) is 0 Å². The van der Waals surface area contributed by atoms with Gasteiger partial charge in [-0.2, -0.15) is 0 Å². The minimum absolute atomic E-state index is 0.134. The van der Waals surface area contributed by atoms with Gasteiger partial charge in [-0.15, -0.1) is 0 Å². The molecule has 2 rings (SSSR count). The molecule has 1 amide bonds. The zero-order chi connectivity index (χ0) is 17.9. The summed E-state index contributed by atoms with van der Waals surface area (Å²) in [6.45, 7) is 2.05.